The summed E-state index contributed by atoms with van der Waals surface area (Å²) < 4.78 is 15.8. The summed E-state index contributed by atoms with van der Waals surface area (Å²) >= 11 is 0. The highest BCUT2D eigenvalue weighted by atomic mass is 16.5. The Hall–Kier alpha value is -3.61. The second-order valence-electron chi connectivity index (χ2n) is 5.99. The van der Waals surface area contributed by atoms with Gasteiger partial charge < -0.3 is 19.2 Å². The van der Waals surface area contributed by atoms with Gasteiger partial charge in [-0.2, -0.15) is 0 Å². The van der Waals surface area contributed by atoms with E-state index in [1.807, 2.05) is 0 Å². The molecule has 0 amide bonds. The highest BCUT2D eigenvalue weighted by molar-refractivity contribution is 5.87. The van der Waals surface area contributed by atoms with Gasteiger partial charge in [-0.1, -0.05) is 12.1 Å². The van der Waals surface area contributed by atoms with Crippen molar-refractivity contribution in [2.75, 3.05) is 14.2 Å². The van der Waals surface area contributed by atoms with Crippen LogP contribution in [-0.2, 0) is 9.53 Å². The third kappa shape index (κ3) is 4.20. The van der Waals surface area contributed by atoms with Gasteiger partial charge in [0, 0.05) is 17.7 Å². The summed E-state index contributed by atoms with van der Waals surface area (Å²) in [6.45, 7) is 1.65. The Balaban J connectivity index is 1.74. The van der Waals surface area contributed by atoms with Crippen molar-refractivity contribution in [1.82, 2.24) is 9.97 Å². The molecule has 0 unspecified atom stereocenters. The average Bonchev–Trinajstić information content (AvgIpc) is 2.72. The number of hydrogen-bond acceptors (Lipinski definition) is 6. The number of carbonyl (C=O) groups is 1. The third-order valence-corrected chi connectivity index (χ3v) is 4.15. The fourth-order valence-corrected chi connectivity index (χ4v) is 2.68. The highest BCUT2D eigenvalue weighted by Gasteiger charge is 2.14. The van der Waals surface area contributed by atoms with E-state index in [0.29, 0.717) is 28.0 Å². The molecule has 7 heteroatoms. The van der Waals surface area contributed by atoms with Crippen LogP contribution in [0.4, 0.5) is 0 Å². The lowest BCUT2D eigenvalue weighted by molar-refractivity contribution is -0.142. The normalized spacial score (nSPS) is 12.1. The van der Waals surface area contributed by atoms with Crippen molar-refractivity contribution in [3.8, 4) is 11.5 Å². The predicted molar refractivity (Wildman–Crippen MR) is 105 cm³/mol. The molecule has 3 aromatic rings. The summed E-state index contributed by atoms with van der Waals surface area (Å²) in [7, 11) is 3.10. The molecule has 0 fully saturated rings. The minimum absolute atomic E-state index is 0.276. The predicted octanol–water partition coefficient (Wildman–Crippen LogP) is 3.26. The number of aromatic amines is 1. The molecule has 0 saturated carbocycles. The maximum absolute atomic E-state index is 12.2. The van der Waals surface area contributed by atoms with E-state index >= 15 is 0 Å². The molecule has 0 aliphatic rings. The van der Waals surface area contributed by atoms with Crippen LogP contribution < -0.4 is 15.0 Å². The maximum atomic E-state index is 12.2. The van der Waals surface area contributed by atoms with Gasteiger partial charge in [0.05, 0.1) is 25.1 Å². The first-order valence-corrected chi connectivity index (χ1v) is 8.61. The molecular weight excluding hydrogens is 360 g/mol. The van der Waals surface area contributed by atoms with Gasteiger partial charge in [-0.05, 0) is 37.3 Å². The topological polar surface area (TPSA) is 90.5 Å². The number of carbonyl (C=O) groups excluding carboxylic acids is 1. The van der Waals surface area contributed by atoms with Gasteiger partial charge in [-0.15, -0.1) is 0 Å². The molecular formula is C21H20N2O5. The van der Waals surface area contributed by atoms with E-state index in [1.165, 1.54) is 13.2 Å². The van der Waals surface area contributed by atoms with Gasteiger partial charge >= 0.3 is 5.97 Å². The molecule has 7 nitrogen and oxygen atoms in total. The Morgan fingerprint density at radius 3 is 2.68 bits per heavy atom. The van der Waals surface area contributed by atoms with Crippen molar-refractivity contribution in [3.63, 3.8) is 0 Å². The summed E-state index contributed by atoms with van der Waals surface area (Å²) in [5.41, 5.74) is 0.967. The van der Waals surface area contributed by atoms with Crippen molar-refractivity contribution in [3.05, 3.63) is 70.3 Å². The van der Waals surface area contributed by atoms with Crippen LogP contribution in [0.5, 0.6) is 11.5 Å². The molecule has 0 bridgehead atoms. The van der Waals surface area contributed by atoms with Crippen LogP contribution in [0.1, 0.15) is 24.4 Å². The highest BCUT2D eigenvalue weighted by Crippen LogP contribution is 2.25. The minimum Gasteiger partial charge on any atom is -0.497 e. The number of fused-ring (bicyclic) bond motifs is 1. The number of aromatic nitrogens is 2. The number of esters is 1. The van der Waals surface area contributed by atoms with Crippen molar-refractivity contribution in [2.24, 2.45) is 0 Å². The number of ether oxygens (including phenoxy) is 3. The molecule has 28 heavy (non-hydrogen) atoms. The van der Waals surface area contributed by atoms with E-state index in [0.717, 1.165) is 0 Å². The molecule has 0 aliphatic carbocycles. The van der Waals surface area contributed by atoms with Gasteiger partial charge in [-0.3, -0.25) is 4.79 Å². The van der Waals surface area contributed by atoms with E-state index < -0.39 is 12.1 Å². The molecule has 0 aliphatic heterocycles. The summed E-state index contributed by atoms with van der Waals surface area (Å²) in [6, 6.07) is 12.2. The van der Waals surface area contributed by atoms with Gasteiger partial charge in [0.2, 0.25) is 0 Å². The van der Waals surface area contributed by atoms with Crippen LogP contribution >= 0.6 is 0 Å². The van der Waals surface area contributed by atoms with Gasteiger partial charge in [0.1, 0.15) is 11.5 Å². The van der Waals surface area contributed by atoms with Gasteiger partial charge in [0.25, 0.3) is 5.56 Å². The van der Waals surface area contributed by atoms with Crippen molar-refractivity contribution >= 4 is 22.9 Å². The molecule has 1 heterocycles. The molecule has 1 N–H and O–H groups in total. The standard InChI is InChI=1S/C21H20N2O5/c1-13(20-22-17-7-5-4-6-16(17)21(25)23-20)28-19(24)11-9-14-8-10-15(26-2)12-18(14)27-3/h4-13H,1-3H3,(H,22,23,25)/b11-9+/t13-/m1/s1. The molecule has 0 radical (unpaired) electrons. The zero-order chi connectivity index (χ0) is 20.1. The number of rotatable bonds is 6. The lowest BCUT2D eigenvalue weighted by Crippen LogP contribution is -2.16. The lowest BCUT2D eigenvalue weighted by atomic mass is 10.1. The molecule has 1 atom stereocenters. The Morgan fingerprint density at radius 1 is 1.14 bits per heavy atom. The number of methoxy groups -OCH3 is 2. The Kier molecular flexibility index (Phi) is 5.74. The molecule has 0 saturated heterocycles. The van der Waals surface area contributed by atoms with Crippen LogP contribution in [0.25, 0.3) is 17.0 Å². The lowest BCUT2D eigenvalue weighted by Gasteiger charge is -2.12. The van der Waals surface area contributed by atoms with Crippen LogP contribution in [-0.4, -0.2) is 30.2 Å². The fourth-order valence-electron chi connectivity index (χ4n) is 2.68. The summed E-state index contributed by atoms with van der Waals surface area (Å²) in [4.78, 5) is 31.3. The Bertz CT molecular complexity index is 1090. The second kappa shape index (κ2) is 8.39. The van der Waals surface area contributed by atoms with Gasteiger partial charge in [-0.25, -0.2) is 9.78 Å². The quantitative estimate of drug-likeness (QED) is 0.521. The second-order valence-corrected chi connectivity index (χ2v) is 5.99. The number of benzene rings is 2. The Labute approximate surface area is 161 Å². The fraction of sp³-hybridized carbons (Fsp3) is 0.190. The van der Waals surface area contributed by atoms with Crippen molar-refractivity contribution < 1.29 is 19.0 Å². The third-order valence-electron chi connectivity index (χ3n) is 4.15. The number of H-pyrrole nitrogens is 1. The van der Waals surface area contributed by atoms with E-state index in [2.05, 4.69) is 9.97 Å². The zero-order valence-electron chi connectivity index (χ0n) is 15.8. The molecule has 3 rings (SSSR count). The Morgan fingerprint density at radius 2 is 1.93 bits per heavy atom. The maximum Gasteiger partial charge on any atom is 0.331 e. The average molecular weight is 380 g/mol. The van der Waals surface area contributed by atoms with Crippen molar-refractivity contribution in [1.29, 1.82) is 0 Å². The first-order valence-electron chi connectivity index (χ1n) is 8.61. The van der Waals surface area contributed by atoms with E-state index in [4.69, 9.17) is 14.2 Å². The number of nitrogens with zero attached hydrogens (tertiary/aromatic N) is 1. The number of nitrogens with one attached hydrogen (secondary N) is 1. The molecule has 2 aromatic carbocycles. The first-order chi connectivity index (χ1) is 13.5. The summed E-state index contributed by atoms with van der Waals surface area (Å²) in [5, 5.41) is 0.483. The van der Waals surface area contributed by atoms with Gasteiger partial charge in [0.15, 0.2) is 11.9 Å². The van der Waals surface area contributed by atoms with E-state index in [9.17, 15) is 9.59 Å². The molecule has 144 valence electrons. The zero-order valence-corrected chi connectivity index (χ0v) is 15.8. The van der Waals surface area contributed by atoms with E-state index in [-0.39, 0.29) is 11.4 Å². The van der Waals surface area contributed by atoms with Crippen molar-refractivity contribution in [2.45, 2.75) is 13.0 Å². The number of para-hydroxylation sites is 1. The monoisotopic (exact) mass is 380 g/mol. The van der Waals surface area contributed by atoms with Crippen LogP contribution in [0.3, 0.4) is 0 Å². The molecule has 0 spiro atoms. The van der Waals surface area contributed by atoms with Crippen LogP contribution in [0, 0.1) is 0 Å². The summed E-state index contributed by atoms with van der Waals surface area (Å²) in [6.07, 6.45) is 2.16. The minimum atomic E-state index is -0.716. The summed E-state index contributed by atoms with van der Waals surface area (Å²) in [5.74, 6) is 0.933. The first kappa shape index (κ1) is 19.2. The smallest absolute Gasteiger partial charge is 0.331 e. The van der Waals surface area contributed by atoms with Crippen LogP contribution in [0.15, 0.2) is 53.3 Å². The number of hydrogen-bond donors (Lipinski definition) is 1. The van der Waals surface area contributed by atoms with Crippen LogP contribution in [0.2, 0.25) is 0 Å². The largest absolute Gasteiger partial charge is 0.497 e. The molecule has 1 aromatic heterocycles. The van der Waals surface area contributed by atoms with E-state index in [1.54, 1.807) is 62.6 Å². The SMILES string of the molecule is COc1ccc(/C=C/C(=O)O[C@H](C)c2nc3ccccc3c(=O)[nH]2)c(OC)c1.